The number of methoxy groups -OCH3 is 2. The van der Waals surface area contributed by atoms with Crippen molar-refractivity contribution in [2.24, 2.45) is 0 Å². The van der Waals surface area contributed by atoms with Crippen LogP contribution in [0.5, 0.6) is 11.5 Å². The Morgan fingerprint density at radius 1 is 1.09 bits per heavy atom. The van der Waals surface area contributed by atoms with Gasteiger partial charge < -0.3 is 25.8 Å². The van der Waals surface area contributed by atoms with Crippen LogP contribution in [0.4, 0.5) is 23.0 Å². The van der Waals surface area contributed by atoms with E-state index in [1.54, 1.807) is 26.4 Å². The molecular formula is C15H20ClN5O2. The minimum atomic E-state index is 0.199. The van der Waals surface area contributed by atoms with Gasteiger partial charge in [-0.05, 0) is 19.9 Å². The third-order valence-corrected chi connectivity index (χ3v) is 3.33. The first-order valence-corrected chi connectivity index (χ1v) is 7.39. The molecule has 0 saturated heterocycles. The van der Waals surface area contributed by atoms with E-state index in [-0.39, 0.29) is 6.04 Å². The van der Waals surface area contributed by atoms with Crippen LogP contribution in [-0.2, 0) is 0 Å². The zero-order chi connectivity index (χ0) is 17.0. The number of rotatable bonds is 6. The van der Waals surface area contributed by atoms with Gasteiger partial charge in [-0.3, -0.25) is 0 Å². The quantitative estimate of drug-likeness (QED) is 0.744. The number of nitrogens with zero attached hydrogens (tertiary/aromatic N) is 2. The fourth-order valence-corrected chi connectivity index (χ4v) is 2.21. The molecule has 2 aromatic rings. The van der Waals surface area contributed by atoms with Crippen molar-refractivity contribution in [2.75, 3.05) is 30.6 Å². The van der Waals surface area contributed by atoms with Gasteiger partial charge in [0.2, 0.25) is 0 Å². The molecule has 0 atom stereocenters. The lowest BCUT2D eigenvalue weighted by Gasteiger charge is -2.16. The van der Waals surface area contributed by atoms with Crippen molar-refractivity contribution in [1.82, 2.24) is 9.97 Å². The summed E-state index contributed by atoms with van der Waals surface area (Å²) in [7, 11) is 3.10. The molecular weight excluding hydrogens is 318 g/mol. The minimum absolute atomic E-state index is 0.199. The number of nitrogens with two attached hydrogens (primary N) is 1. The summed E-state index contributed by atoms with van der Waals surface area (Å²) in [4.78, 5) is 8.32. The third kappa shape index (κ3) is 3.87. The normalized spacial score (nSPS) is 10.5. The van der Waals surface area contributed by atoms with Crippen LogP contribution in [0.3, 0.4) is 0 Å². The Balaban J connectivity index is 2.37. The summed E-state index contributed by atoms with van der Waals surface area (Å²) in [5, 5.41) is 6.73. The van der Waals surface area contributed by atoms with E-state index in [4.69, 9.17) is 26.8 Å². The number of aromatic nitrogens is 2. The smallest absolute Gasteiger partial charge is 0.159 e. The number of benzene rings is 1. The van der Waals surface area contributed by atoms with Gasteiger partial charge in [0.1, 0.15) is 23.5 Å². The van der Waals surface area contributed by atoms with E-state index in [1.807, 2.05) is 13.8 Å². The lowest BCUT2D eigenvalue weighted by atomic mass is 10.2. The Labute approximate surface area is 140 Å². The molecule has 0 amide bonds. The van der Waals surface area contributed by atoms with Crippen LogP contribution < -0.4 is 25.8 Å². The van der Waals surface area contributed by atoms with Crippen molar-refractivity contribution in [2.45, 2.75) is 19.9 Å². The summed E-state index contributed by atoms with van der Waals surface area (Å²) < 4.78 is 10.5. The van der Waals surface area contributed by atoms with Gasteiger partial charge in [0.15, 0.2) is 11.6 Å². The summed E-state index contributed by atoms with van der Waals surface area (Å²) in [5.74, 6) is 2.10. The summed E-state index contributed by atoms with van der Waals surface area (Å²) >= 11 is 6.17. The Bertz CT molecular complexity index is 694. The van der Waals surface area contributed by atoms with Gasteiger partial charge in [0, 0.05) is 12.1 Å². The standard InChI is InChI=1S/C15H20ClN5O2/c1-8(2)20-14-13(17)15(19-7-18-14)21-10-5-9(16)11(22-3)6-12(10)23-4/h5-8H,17H2,1-4H3,(H2,18,19,20,21). The number of hydrogen-bond donors (Lipinski definition) is 3. The highest BCUT2D eigenvalue weighted by atomic mass is 35.5. The molecule has 0 bridgehead atoms. The molecule has 4 N–H and O–H groups in total. The zero-order valence-electron chi connectivity index (χ0n) is 13.5. The first-order chi connectivity index (χ1) is 11.0. The molecule has 7 nitrogen and oxygen atoms in total. The highest BCUT2D eigenvalue weighted by Crippen LogP contribution is 2.38. The van der Waals surface area contributed by atoms with Crippen LogP contribution in [0.1, 0.15) is 13.8 Å². The number of nitrogen functional groups attached to an aromatic ring is 1. The van der Waals surface area contributed by atoms with Crippen molar-refractivity contribution in [3.63, 3.8) is 0 Å². The minimum Gasteiger partial charge on any atom is -0.495 e. The van der Waals surface area contributed by atoms with Crippen LogP contribution in [-0.4, -0.2) is 30.2 Å². The topological polar surface area (TPSA) is 94.3 Å². The van der Waals surface area contributed by atoms with Crippen molar-refractivity contribution < 1.29 is 9.47 Å². The summed E-state index contributed by atoms with van der Waals surface area (Å²) in [6, 6.07) is 3.58. The van der Waals surface area contributed by atoms with E-state index in [0.717, 1.165) is 0 Å². The molecule has 0 spiro atoms. The van der Waals surface area contributed by atoms with E-state index in [1.165, 1.54) is 6.33 Å². The lowest BCUT2D eigenvalue weighted by Crippen LogP contribution is -2.14. The molecule has 0 aliphatic rings. The van der Waals surface area contributed by atoms with Gasteiger partial charge in [-0.25, -0.2) is 9.97 Å². The first-order valence-electron chi connectivity index (χ1n) is 7.01. The van der Waals surface area contributed by atoms with Crippen LogP contribution >= 0.6 is 11.6 Å². The average Bonchev–Trinajstić information content (AvgIpc) is 2.51. The van der Waals surface area contributed by atoms with Crippen molar-refractivity contribution in [3.05, 3.63) is 23.5 Å². The lowest BCUT2D eigenvalue weighted by molar-refractivity contribution is 0.396. The number of ether oxygens (including phenoxy) is 2. The van der Waals surface area contributed by atoms with E-state index in [2.05, 4.69) is 20.6 Å². The van der Waals surface area contributed by atoms with Gasteiger partial charge in [0.05, 0.1) is 24.9 Å². The molecule has 2 rings (SSSR count). The Morgan fingerprint density at radius 2 is 1.74 bits per heavy atom. The third-order valence-electron chi connectivity index (χ3n) is 3.04. The molecule has 0 aliphatic carbocycles. The molecule has 0 fully saturated rings. The largest absolute Gasteiger partial charge is 0.495 e. The van der Waals surface area contributed by atoms with Crippen molar-refractivity contribution in [1.29, 1.82) is 0 Å². The molecule has 1 aromatic carbocycles. The Hall–Kier alpha value is -2.41. The van der Waals surface area contributed by atoms with Crippen LogP contribution in [0.15, 0.2) is 18.5 Å². The molecule has 0 radical (unpaired) electrons. The SMILES string of the molecule is COc1cc(OC)c(Nc2ncnc(NC(C)C)c2N)cc1Cl. The predicted molar refractivity (Wildman–Crippen MR) is 93.0 cm³/mol. The van der Waals surface area contributed by atoms with Gasteiger partial charge in [-0.1, -0.05) is 11.6 Å². The van der Waals surface area contributed by atoms with Crippen LogP contribution in [0.25, 0.3) is 0 Å². The van der Waals surface area contributed by atoms with Crippen molar-refractivity contribution >= 4 is 34.6 Å². The molecule has 0 aliphatic heterocycles. The predicted octanol–water partition coefficient (Wildman–Crippen LogP) is 3.29. The second-order valence-corrected chi connectivity index (χ2v) is 5.50. The average molecular weight is 338 g/mol. The number of nitrogens with one attached hydrogen (secondary N) is 2. The maximum Gasteiger partial charge on any atom is 0.159 e. The van der Waals surface area contributed by atoms with Gasteiger partial charge in [-0.15, -0.1) is 0 Å². The van der Waals surface area contributed by atoms with Crippen LogP contribution in [0, 0.1) is 0 Å². The number of hydrogen-bond acceptors (Lipinski definition) is 7. The van der Waals surface area contributed by atoms with E-state index in [0.29, 0.717) is 39.5 Å². The second-order valence-electron chi connectivity index (χ2n) is 5.10. The van der Waals surface area contributed by atoms with E-state index in [9.17, 15) is 0 Å². The molecule has 0 saturated carbocycles. The summed E-state index contributed by atoms with van der Waals surface area (Å²) in [5.41, 5.74) is 7.15. The summed E-state index contributed by atoms with van der Waals surface area (Å²) in [6.45, 7) is 4.00. The van der Waals surface area contributed by atoms with Crippen molar-refractivity contribution in [3.8, 4) is 11.5 Å². The highest BCUT2D eigenvalue weighted by Gasteiger charge is 2.14. The molecule has 124 valence electrons. The highest BCUT2D eigenvalue weighted by molar-refractivity contribution is 6.32. The Morgan fingerprint density at radius 3 is 2.35 bits per heavy atom. The van der Waals surface area contributed by atoms with Crippen LogP contribution in [0.2, 0.25) is 5.02 Å². The summed E-state index contributed by atoms with van der Waals surface area (Å²) in [6.07, 6.45) is 1.43. The maximum atomic E-state index is 6.17. The second kappa shape index (κ2) is 7.23. The first kappa shape index (κ1) is 17.0. The number of anilines is 4. The molecule has 1 heterocycles. The monoisotopic (exact) mass is 337 g/mol. The van der Waals surface area contributed by atoms with E-state index < -0.39 is 0 Å². The zero-order valence-corrected chi connectivity index (χ0v) is 14.2. The molecule has 8 heteroatoms. The van der Waals surface area contributed by atoms with Gasteiger partial charge in [0.25, 0.3) is 0 Å². The van der Waals surface area contributed by atoms with Gasteiger partial charge >= 0.3 is 0 Å². The van der Waals surface area contributed by atoms with E-state index >= 15 is 0 Å². The molecule has 23 heavy (non-hydrogen) atoms. The molecule has 0 unspecified atom stereocenters. The number of halogens is 1. The fourth-order valence-electron chi connectivity index (χ4n) is 1.97. The fraction of sp³-hybridized carbons (Fsp3) is 0.333. The Kier molecular flexibility index (Phi) is 5.33. The van der Waals surface area contributed by atoms with Gasteiger partial charge in [-0.2, -0.15) is 0 Å². The molecule has 1 aromatic heterocycles. The maximum absolute atomic E-state index is 6.17.